The maximum absolute atomic E-state index is 12.2. The van der Waals surface area contributed by atoms with E-state index in [0.717, 1.165) is 0 Å². The van der Waals surface area contributed by atoms with Crippen molar-refractivity contribution in [3.63, 3.8) is 0 Å². The Kier molecular flexibility index (Phi) is 6.23. The van der Waals surface area contributed by atoms with E-state index < -0.39 is 17.3 Å². The second kappa shape index (κ2) is 8.45. The highest BCUT2D eigenvalue weighted by atomic mass is 16.7. The van der Waals surface area contributed by atoms with Crippen LogP contribution in [0.25, 0.3) is 11.1 Å². The van der Waals surface area contributed by atoms with Gasteiger partial charge in [-0.1, -0.05) is 0 Å². The third kappa shape index (κ3) is 4.45. The highest BCUT2D eigenvalue weighted by Crippen LogP contribution is 2.43. The number of nitrogens with zero attached hydrogens (tertiary/aromatic N) is 2. The molecule has 10 heteroatoms. The van der Waals surface area contributed by atoms with Crippen LogP contribution in [0.3, 0.4) is 0 Å². The molecule has 0 aliphatic heterocycles. The van der Waals surface area contributed by atoms with Gasteiger partial charge in [0.2, 0.25) is 5.75 Å². The summed E-state index contributed by atoms with van der Waals surface area (Å²) < 4.78 is 21.0. The van der Waals surface area contributed by atoms with Gasteiger partial charge < -0.3 is 29.7 Å². The van der Waals surface area contributed by atoms with Gasteiger partial charge in [0.25, 0.3) is 5.56 Å². The van der Waals surface area contributed by atoms with Crippen LogP contribution in [-0.4, -0.2) is 31.0 Å². The Hall–Kier alpha value is -4.18. The van der Waals surface area contributed by atoms with Crippen molar-refractivity contribution in [2.45, 2.75) is 26.4 Å². The number of H-pyrrole nitrogens is 1. The van der Waals surface area contributed by atoms with Gasteiger partial charge in [0.05, 0.1) is 14.2 Å². The molecule has 30 heavy (non-hydrogen) atoms. The quantitative estimate of drug-likeness (QED) is 0.568. The van der Waals surface area contributed by atoms with Crippen molar-refractivity contribution in [1.29, 1.82) is 10.5 Å². The highest BCUT2D eigenvalue weighted by Gasteiger charge is 2.25. The fourth-order valence-corrected chi connectivity index (χ4v) is 2.61. The first-order chi connectivity index (χ1) is 14.1. The number of nitrogens with two attached hydrogens (primary N) is 1. The minimum atomic E-state index is -0.984. The third-order valence-electron chi connectivity index (χ3n) is 3.79. The summed E-state index contributed by atoms with van der Waals surface area (Å²) in [5.74, 6) is -0.181. The Labute approximate surface area is 172 Å². The number of anilines is 1. The van der Waals surface area contributed by atoms with Crippen LogP contribution in [0.4, 0.5) is 10.6 Å². The van der Waals surface area contributed by atoms with Crippen LogP contribution < -0.4 is 25.5 Å². The average molecular weight is 412 g/mol. The zero-order chi connectivity index (χ0) is 22.6. The molecule has 0 bridgehead atoms. The lowest BCUT2D eigenvalue weighted by molar-refractivity contribution is 0.0195. The summed E-state index contributed by atoms with van der Waals surface area (Å²) >= 11 is 0. The fraction of sp³-hybridized carbons (Fsp3) is 0.300. The molecule has 0 aliphatic rings. The number of nitrogen functional groups attached to an aromatic ring is 1. The van der Waals surface area contributed by atoms with Crippen LogP contribution in [0.1, 0.15) is 31.9 Å². The van der Waals surface area contributed by atoms with E-state index in [-0.39, 0.29) is 45.3 Å². The zero-order valence-electron chi connectivity index (χ0n) is 17.1. The molecule has 2 rings (SSSR count). The number of methoxy groups -OCH3 is 2. The van der Waals surface area contributed by atoms with Crippen molar-refractivity contribution in [2.75, 3.05) is 20.0 Å². The molecule has 10 nitrogen and oxygen atoms in total. The van der Waals surface area contributed by atoms with E-state index in [1.807, 2.05) is 6.07 Å². The molecule has 0 unspecified atom stereocenters. The summed E-state index contributed by atoms with van der Waals surface area (Å²) in [7, 11) is 2.64. The first-order valence-corrected chi connectivity index (χ1v) is 8.59. The number of hydrogen-bond acceptors (Lipinski definition) is 9. The van der Waals surface area contributed by atoms with Gasteiger partial charge in [0.15, 0.2) is 11.5 Å². The van der Waals surface area contributed by atoms with Crippen LogP contribution in [-0.2, 0) is 4.74 Å². The molecule has 156 valence electrons. The van der Waals surface area contributed by atoms with Crippen LogP contribution in [0.15, 0.2) is 16.9 Å². The maximum atomic E-state index is 12.2. The van der Waals surface area contributed by atoms with E-state index in [1.165, 1.54) is 26.4 Å². The van der Waals surface area contributed by atoms with E-state index in [4.69, 9.17) is 24.7 Å². The summed E-state index contributed by atoms with van der Waals surface area (Å²) in [5, 5.41) is 18.9. The fourth-order valence-electron chi connectivity index (χ4n) is 2.61. The highest BCUT2D eigenvalue weighted by molar-refractivity contribution is 5.83. The minimum Gasteiger partial charge on any atom is -0.493 e. The summed E-state index contributed by atoms with van der Waals surface area (Å²) in [5.41, 5.74) is 4.03. The molecular formula is C20H20N4O6. The van der Waals surface area contributed by atoms with Gasteiger partial charge in [-0.05, 0) is 38.5 Å². The predicted molar refractivity (Wildman–Crippen MR) is 106 cm³/mol. The second-order valence-electron chi connectivity index (χ2n) is 6.99. The number of carbonyl (C=O) groups is 1. The van der Waals surface area contributed by atoms with E-state index in [0.29, 0.717) is 0 Å². The third-order valence-corrected chi connectivity index (χ3v) is 3.79. The minimum absolute atomic E-state index is 0.00154. The summed E-state index contributed by atoms with van der Waals surface area (Å²) in [6, 6.07) is 6.43. The Balaban J connectivity index is 2.73. The SMILES string of the molecule is COc1cc(-c2c(C#N)c(N)[nH]c(=O)c2C#N)cc(OC)c1OC(=O)OC(C)(C)C. The standard InChI is InChI=1S/C20H20N4O6/c1-20(2,3)30-19(26)29-16-13(27-4)6-10(7-14(16)28-5)15-11(8-21)17(23)24-18(25)12(15)9-22/h6-7H,1-5H3,(H3,23,24,25). The molecule has 0 saturated heterocycles. The molecule has 1 aromatic carbocycles. The van der Waals surface area contributed by atoms with Crippen LogP contribution in [0, 0.1) is 22.7 Å². The number of rotatable bonds is 4. The largest absolute Gasteiger partial charge is 0.514 e. The van der Waals surface area contributed by atoms with E-state index >= 15 is 0 Å². The zero-order valence-corrected chi connectivity index (χ0v) is 17.1. The van der Waals surface area contributed by atoms with Gasteiger partial charge in [-0.15, -0.1) is 0 Å². The lowest BCUT2D eigenvalue weighted by Crippen LogP contribution is -2.26. The molecule has 0 spiro atoms. The lowest BCUT2D eigenvalue weighted by Gasteiger charge is -2.20. The Bertz CT molecular complexity index is 1110. The molecular weight excluding hydrogens is 392 g/mol. The maximum Gasteiger partial charge on any atom is 0.514 e. The summed E-state index contributed by atoms with van der Waals surface area (Å²) in [4.78, 5) is 26.5. The predicted octanol–water partition coefficient (Wildman–Crippen LogP) is 2.70. The Morgan fingerprint density at radius 1 is 1.07 bits per heavy atom. The number of nitriles is 2. The van der Waals surface area contributed by atoms with Crippen molar-refractivity contribution in [1.82, 2.24) is 4.98 Å². The van der Waals surface area contributed by atoms with Crippen LogP contribution >= 0.6 is 0 Å². The van der Waals surface area contributed by atoms with Crippen LogP contribution in [0.5, 0.6) is 17.2 Å². The van der Waals surface area contributed by atoms with Gasteiger partial charge in [-0.2, -0.15) is 10.5 Å². The van der Waals surface area contributed by atoms with Crippen molar-refractivity contribution in [2.24, 2.45) is 0 Å². The van der Waals surface area contributed by atoms with Gasteiger partial charge >= 0.3 is 6.16 Å². The smallest absolute Gasteiger partial charge is 0.493 e. The molecule has 0 radical (unpaired) electrons. The topological polar surface area (TPSA) is 160 Å². The molecule has 2 aromatic rings. The number of aromatic nitrogens is 1. The van der Waals surface area contributed by atoms with Gasteiger partial charge in [0.1, 0.15) is 34.7 Å². The van der Waals surface area contributed by atoms with Gasteiger partial charge in [-0.3, -0.25) is 4.79 Å². The van der Waals surface area contributed by atoms with Crippen molar-refractivity contribution in [3.05, 3.63) is 33.6 Å². The van der Waals surface area contributed by atoms with Crippen molar-refractivity contribution >= 4 is 12.0 Å². The molecule has 0 amide bonds. The molecule has 0 aliphatic carbocycles. The average Bonchev–Trinajstić information content (AvgIpc) is 2.66. The van der Waals surface area contributed by atoms with Crippen molar-refractivity contribution in [3.8, 4) is 40.5 Å². The summed E-state index contributed by atoms with van der Waals surface area (Å²) in [6.45, 7) is 5.03. The lowest BCUT2D eigenvalue weighted by atomic mass is 9.96. The van der Waals surface area contributed by atoms with E-state index in [1.54, 1.807) is 26.8 Å². The number of nitrogens with one attached hydrogen (secondary N) is 1. The Morgan fingerprint density at radius 2 is 1.60 bits per heavy atom. The van der Waals surface area contributed by atoms with Crippen LogP contribution in [0.2, 0.25) is 0 Å². The monoisotopic (exact) mass is 412 g/mol. The van der Waals surface area contributed by atoms with E-state index in [2.05, 4.69) is 4.98 Å². The second-order valence-corrected chi connectivity index (χ2v) is 6.99. The number of aromatic amines is 1. The first kappa shape index (κ1) is 22.1. The number of benzene rings is 1. The van der Waals surface area contributed by atoms with E-state index in [9.17, 15) is 20.1 Å². The number of pyridine rings is 1. The molecule has 1 aromatic heterocycles. The number of ether oxygens (including phenoxy) is 4. The van der Waals surface area contributed by atoms with Gasteiger partial charge in [-0.25, -0.2) is 4.79 Å². The van der Waals surface area contributed by atoms with Crippen molar-refractivity contribution < 1.29 is 23.7 Å². The number of hydrogen-bond donors (Lipinski definition) is 2. The molecule has 0 saturated carbocycles. The molecule has 3 N–H and O–H groups in total. The Morgan fingerprint density at radius 3 is 2.03 bits per heavy atom. The summed E-state index contributed by atoms with van der Waals surface area (Å²) in [6.07, 6.45) is -0.984. The normalized spacial score (nSPS) is 10.5. The first-order valence-electron chi connectivity index (χ1n) is 8.59. The molecule has 1 heterocycles. The molecule has 0 fully saturated rings. The van der Waals surface area contributed by atoms with Gasteiger partial charge in [0, 0.05) is 5.56 Å². The molecule has 0 atom stereocenters. The number of carbonyl (C=O) groups excluding carboxylic acids is 1.